The highest BCUT2D eigenvalue weighted by Gasteiger charge is 2.43. The van der Waals surface area contributed by atoms with Crippen molar-refractivity contribution in [2.45, 2.75) is 32.6 Å². The molecule has 0 bridgehead atoms. The highest BCUT2D eigenvalue weighted by atomic mass is 32.1. The zero-order chi connectivity index (χ0) is 21.5. The Kier molecular flexibility index (Phi) is 4.85. The summed E-state index contributed by atoms with van der Waals surface area (Å²) in [7, 11) is 0. The highest BCUT2D eigenvalue weighted by molar-refractivity contribution is 7.09. The summed E-state index contributed by atoms with van der Waals surface area (Å²) in [5, 5.41) is 2.91. The molecule has 0 fully saturated rings. The first-order chi connectivity index (χ1) is 14.1. The van der Waals surface area contributed by atoms with Gasteiger partial charge in [0.2, 0.25) is 0 Å². The maximum atomic E-state index is 13.3. The zero-order valence-electron chi connectivity index (χ0n) is 16.5. The van der Waals surface area contributed by atoms with Gasteiger partial charge in [-0.15, -0.1) is 20.1 Å². The van der Waals surface area contributed by atoms with Crippen LogP contribution in [0, 0.1) is 6.92 Å². The fourth-order valence-corrected chi connectivity index (χ4v) is 3.95. The van der Waals surface area contributed by atoms with E-state index in [0.717, 1.165) is 10.4 Å². The van der Waals surface area contributed by atoms with Crippen LogP contribution in [-0.2, 0) is 5.54 Å². The molecule has 0 saturated heterocycles. The number of carbonyl (C=O) groups is 1. The number of hydrogen-bond acceptors (Lipinski definition) is 4. The second-order valence-corrected chi connectivity index (χ2v) is 8.54. The normalized spacial score (nSPS) is 15.3. The van der Waals surface area contributed by atoms with Crippen molar-refractivity contribution in [2.24, 2.45) is 4.99 Å². The van der Waals surface area contributed by atoms with Crippen LogP contribution < -0.4 is 19.6 Å². The molecule has 0 radical (unpaired) electrons. The molecule has 0 atom stereocenters. The number of thiazole rings is 1. The Hall–Kier alpha value is -3.20. The van der Waals surface area contributed by atoms with Crippen LogP contribution in [0.15, 0.2) is 59.7 Å². The van der Waals surface area contributed by atoms with Gasteiger partial charge in [0.25, 0.3) is 0 Å². The van der Waals surface area contributed by atoms with Gasteiger partial charge in [0.05, 0.1) is 11.2 Å². The molecule has 2 amide bonds. The average molecular weight is 431 g/mol. The van der Waals surface area contributed by atoms with Crippen molar-refractivity contribution in [3.05, 3.63) is 70.0 Å². The first kappa shape index (κ1) is 20.1. The minimum Gasteiger partial charge on any atom is -0.395 e. The molecule has 9 heteroatoms. The number of alkyl halides is 2. The van der Waals surface area contributed by atoms with E-state index >= 15 is 0 Å². The van der Waals surface area contributed by atoms with Crippen LogP contribution in [0.25, 0.3) is 5.69 Å². The molecular formula is C21H19F2N3O3S. The monoisotopic (exact) mass is 431 g/mol. The number of amides is 2. The molecule has 3 aromatic rings. The molecular weight excluding hydrogens is 412 g/mol. The molecule has 2 heterocycles. The Morgan fingerprint density at radius 2 is 1.83 bits per heavy atom. The number of aryl methyl sites for hydroxylation is 1. The third-order valence-corrected chi connectivity index (χ3v) is 5.44. The number of benzene rings is 2. The fraction of sp³-hybridized carbons (Fsp3) is 0.238. The van der Waals surface area contributed by atoms with Crippen LogP contribution in [-0.4, -0.2) is 16.9 Å². The summed E-state index contributed by atoms with van der Waals surface area (Å²) in [5.74, 6) is -0.119. The van der Waals surface area contributed by atoms with Gasteiger partial charge in [0, 0.05) is 17.1 Å². The summed E-state index contributed by atoms with van der Waals surface area (Å²) in [5.41, 5.74) is 0.845. The molecule has 1 aliphatic rings. The van der Waals surface area contributed by atoms with Gasteiger partial charge in [0.15, 0.2) is 16.3 Å². The van der Waals surface area contributed by atoms with Crippen LogP contribution in [0.5, 0.6) is 11.5 Å². The molecule has 2 aromatic carbocycles. The minimum absolute atomic E-state index is 0.0443. The number of ether oxygens (including phenoxy) is 2. The minimum atomic E-state index is -3.69. The van der Waals surface area contributed by atoms with Crippen molar-refractivity contribution in [1.29, 1.82) is 0 Å². The maximum Gasteiger partial charge on any atom is 0.586 e. The van der Waals surface area contributed by atoms with Gasteiger partial charge in [-0.2, -0.15) is 4.99 Å². The number of halogens is 2. The average Bonchev–Trinajstić information content (AvgIpc) is 3.18. The standard InChI is InChI=1S/C21H19F2N3O3S/c1-13-12-26(15-9-10-16-17(11-15)29-21(22,23)28-16)19(30-13)24-18(27)25-20(2,3)14-7-5-4-6-8-14/h4-12H,1-3H3,(H,25,27)/b24-19-. The van der Waals surface area contributed by atoms with Gasteiger partial charge in [-0.05, 0) is 38.5 Å². The Morgan fingerprint density at radius 3 is 2.57 bits per heavy atom. The van der Waals surface area contributed by atoms with E-state index in [-0.39, 0.29) is 11.5 Å². The van der Waals surface area contributed by atoms with E-state index in [2.05, 4.69) is 19.8 Å². The summed E-state index contributed by atoms with van der Waals surface area (Å²) in [4.78, 5) is 18.1. The lowest BCUT2D eigenvalue weighted by atomic mass is 9.95. The summed E-state index contributed by atoms with van der Waals surface area (Å²) in [6, 6.07) is 13.5. The molecule has 1 N–H and O–H groups in total. The van der Waals surface area contributed by atoms with Crippen molar-refractivity contribution < 1.29 is 23.0 Å². The molecule has 0 saturated carbocycles. The van der Waals surface area contributed by atoms with Crippen molar-refractivity contribution in [3.8, 4) is 17.2 Å². The van der Waals surface area contributed by atoms with Crippen molar-refractivity contribution in [1.82, 2.24) is 9.88 Å². The summed E-state index contributed by atoms with van der Waals surface area (Å²) < 4.78 is 37.2. The van der Waals surface area contributed by atoms with Crippen LogP contribution >= 0.6 is 11.3 Å². The Bertz CT molecular complexity index is 1170. The third-order valence-electron chi connectivity index (χ3n) is 4.54. The number of nitrogens with one attached hydrogen (secondary N) is 1. The number of nitrogens with zero attached hydrogens (tertiary/aromatic N) is 2. The van der Waals surface area contributed by atoms with Gasteiger partial charge in [-0.3, -0.25) is 4.57 Å². The molecule has 0 unspecified atom stereocenters. The number of aromatic nitrogens is 1. The first-order valence-electron chi connectivity index (χ1n) is 9.15. The lowest BCUT2D eigenvalue weighted by Crippen LogP contribution is -2.40. The summed E-state index contributed by atoms with van der Waals surface area (Å²) >= 11 is 1.31. The smallest absolute Gasteiger partial charge is 0.395 e. The van der Waals surface area contributed by atoms with Gasteiger partial charge in [0.1, 0.15) is 0 Å². The predicted octanol–water partition coefficient (Wildman–Crippen LogP) is 4.71. The fourth-order valence-electron chi connectivity index (χ4n) is 3.11. The first-order valence-corrected chi connectivity index (χ1v) is 9.96. The maximum absolute atomic E-state index is 13.3. The van der Waals surface area contributed by atoms with Crippen LogP contribution in [0.2, 0.25) is 0 Å². The SMILES string of the molecule is Cc1cn(-c2ccc3c(c2)OC(F)(F)O3)/c(=N/C(=O)NC(C)(C)c2ccccc2)s1. The highest BCUT2D eigenvalue weighted by Crippen LogP contribution is 2.41. The lowest BCUT2D eigenvalue weighted by molar-refractivity contribution is -0.286. The lowest BCUT2D eigenvalue weighted by Gasteiger charge is -2.25. The number of urea groups is 1. The number of hydrogen-bond donors (Lipinski definition) is 1. The molecule has 6 nitrogen and oxygen atoms in total. The third kappa shape index (κ3) is 4.06. The number of rotatable bonds is 3. The zero-order valence-corrected chi connectivity index (χ0v) is 17.3. The number of carbonyl (C=O) groups excluding carboxylic acids is 1. The number of fused-ring (bicyclic) bond motifs is 1. The van der Waals surface area contributed by atoms with Crippen LogP contribution in [0.3, 0.4) is 0 Å². The second-order valence-electron chi connectivity index (χ2n) is 7.33. The van der Waals surface area contributed by atoms with Crippen LogP contribution in [0.1, 0.15) is 24.3 Å². The van der Waals surface area contributed by atoms with E-state index in [4.69, 9.17) is 0 Å². The summed E-state index contributed by atoms with van der Waals surface area (Å²) in [6.07, 6.45) is -1.92. The van der Waals surface area contributed by atoms with E-state index < -0.39 is 17.9 Å². The van der Waals surface area contributed by atoms with Crippen molar-refractivity contribution in [2.75, 3.05) is 0 Å². The molecule has 4 rings (SSSR count). The molecule has 0 spiro atoms. The molecule has 0 aliphatic carbocycles. The van der Waals surface area contributed by atoms with Gasteiger partial charge < -0.3 is 14.8 Å². The van der Waals surface area contributed by atoms with Crippen LogP contribution in [0.4, 0.5) is 13.6 Å². The van der Waals surface area contributed by atoms with E-state index in [1.54, 1.807) is 16.8 Å². The topological polar surface area (TPSA) is 64.8 Å². The van der Waals surface area contributed by atoms with E-state index in [1.165, 1.54) is 23.5 Å². The van der Waals surface area contributed by atoms with E-state index in [1.807, 2.05) is 51.1 Å². The second kappa shape index (κ2) is 7.24. The van der Waals surface area contributed by atoms with Crippen molar-refractivity contribution in [3.63, 3.8) is 0 Å². The predicted molar refractivity (Wildman–Crippen MR) is 108 cm³/mol. The Labute approximate surface area is 175 Å². The molecule has 1 aliphatic heterocycles. The van der Waals surface area contributed by atoms with Gasteiger partial charge in [-0.25, -0.2) is 4.79 Å². The quantitative estimate of drug-likeness (QED) is 0.653. The van der Waals surface area contributed by atoms with Gasteiger partial charge in [-0.1, -0.05) is 30.3 Å². The van der Waals surface area contributed by atoms with E-state index in [9.17, 15) is 13.6 Å². The Balaban J connectivity index is 1.64. The summed E-state index contributed by atoms with van der Waals surface area (Å²) in [6.45, 7) is 5.65. The largest absolute Gasteiger partial charge is 0.586 e. The molecule has 1 aromatic heterocycles. The molecule has 156 valence electrons. The van der Waals surface area contributed by atoms with Crippen molar-refractivity contribution >= 4 is 17.4 Å². The Morgan fingerprint density at radius 1 is 1.13 bits per heavy atom. The van der Waals surface area contributed by atoms with E-state index in [0.29, 0.717) is 10.5 Å². The molecule has 30 heavy (non-hydrogen) atoms. The van der Waals surface area contributed by atoms with Gasteiger partial charge >= 0.3 is 12.3 Å².